The topological polar surface area (TPSA) is 9.23 Å². The molecule has 0 bridgehead atoms. The predicted octanol–water partition coefficient (Wildman–Crippen LogP) is 4.32. The summed E-state index contributed by atoms with van der Waals surface area (Å²) in [6.07, 6.45) is 6.23. The number of allylic oxidation sites excluding steroid dienone is 2. The van der Waals surface area contributed by atoms with Crippen molar-refractivity contribution in [3.05, 3.63) is 59.4 Å². The van der Waals surface area contributed by atoms with Gasteiger partial charge >= 0.3 is 0 Å². The van der Waals surface area contributed by atoms with Crippen LogP contribution in [0.2, 0.25) is 0 Å². The first-order valence-corrected chi connectivity index (χ1v) is 6.09. The minimum absolute atomic E-state index is 0.492. The van der Waals surface area contributed by atoms with Gasteiger partial charge in [-0.1, -0.05) is 24.6 Å². The van der Waals surface area contributed by atoms with Gasteiger partial charge in [0.1, 0.15) is 0 Å². The highest BCUT2D eigenvalue weighted by molar-refractivity contribution is 6.24. The van der Waals surface area contributed by atoms with Crippen LogP contribution < -0.4 is 0 Å². The molecule has 1 aromatic carbocycles. The molecule has 1 atom stereocenters. The molecular formula is C14H13ClF2O. The molecule has 0 amide bonds. The molecule has 0 fully saturated rings. The number of halogens is 3. The van der Waals surface area contributed by atoms with E-state index < -0.39 is 16.7 Å². The maximum Gasteiger partial charge on any atom is 0.200 e. The van der Waals surface area contributed by atoms with Gasteiger partial charge in [-0.3, -0.25) is 0 Å². The highest BCUT2D eigenvalue weighted by Gasteiger charge is 2.25. The van der Waals surface area contributed by atoms with Crippen LogP contribution in [0.15, 0.2) is 42.2 Å². The molecular weight excluding hydrogens is 258 g/mol. The summed E-state index contributed by atoms with van der Waals surface area (Å²) in [6, 6.07) is 3.88. The second kappa shape index (κ2) is 5.11. The summed E-state index contributed by atoms with van der Waals surface area (Å²) >= 11 is 6.19. The van der Waals surface area contributed by atoms with Gasteiger partial charge in [0.2, 0.25) is 5.06 Å². The maximum atomic E-state index is 13.1. The zero-order valence-electron chi connectivity index (χ0n) is 9.92. The van der Waals surface area contributed by atoms with Gasteiger partial charge in [0.25, 0.3) is 0 Å². The van der Waals surface area contributed by atoms with Gasteiger partial charge in [0.05, 0.1) is 6.26 Å². The summed E-state index contributed by atoms with van der Waals surface area (Å²) in [5, 5.41) is -0.831. The Hall–Kier alpha value is -1.35. The molecule has 0 saturated carbocycles. The summed E-state index contributed by atoms with van der Waals surface area (Å²) < 4.78 is 31.2. The van der Waals surface area contributed by atoms with E-state index in [1.54, 1.807) is 18.2 Å². The van der Waals surface area contributed by atoms with Crippen molar-refractivity contribution in [1.82, 2.24) is 0 Å². The van der Waals surface area contributed by atoms with Crippen LogP contribution in [-0.2, 0) is 11.2 Å². The van der Waals surface area contributed by atoms with Gasteiger partial charge in [0.15, 0.2) is 11.6 Å². The van der Waals surface area contributed by atoms with E-state index in [4.69, 9.17) is 16.3 Å². The summed E-state index contributed by atoms with van der Waals surface area (Å²) in [5.74, 6) is -1.67. The Bertz CT molecular complexity index is 511. The zero-order chi connectivity index (χ0) is 13.2. The van der Waals surface area contributed by atoms with Crippen molar-refractivity contribution in [2.75, 3.05) is 0 Å². The van der Waals surface area contributed by atoms with Crippen LogP contribution in [0.25, 0.3) is 0 Å². The van der Waals surface area contributed by atoms with Crippen molar-refractivity contribution >= 4 is 11.6 Å². The highest BCUT2D eigenvalue weighted by Crippen LogP contribution is 2.30. The lowest BCUT2D eigenvalue weighted by molar-refractivity contribution is 0.138. The SMILES string of the molecule is CCC1(Cl)C=C(Cc2ccc(F)c(F)c2)C=CO1. The fraction of sp³-hybridized carbons (Fsp3) is 0.286. The van der Waals surface area contributed by atoms with Crippen LogP contribution >= 0.6 is 11.6 Å². The Morgan fingerprint density at radius 2 is 2.06 bits per heavy atom. The molecule has 96 valence electrons. The van der Waals surface area contributed by atoms with E-state index in [9.17, 15) is 8.78 Å². The van der Waals surface area contributed by atoms with Gasteiger partial charge in [-0.15, -0.1) is 0 Å². The first-order chi connectivity index (χ1) is 8.52. The Kier molecular flexibility index (Phi) is 3.71. The lowest BCUT2D eigenvalue weighted by atomic mass is 10.0. The Morgan fingerprint density at radius 3 is 2.72 bits per heavy atom. The lowest BCUT2D eigenvalue weighted by Crippen LogP contribution is -2.22. The smallest absolute Gasteiger partial charge is 0.200 e. The molecule has 0 aliphatic carbocycles. The van der Waals surface area contributed by atoms with E-state index in [-0.39, 0.29) is 0 Å². The van der Waals surface area contributed by atoms with Crippen molar-refractivity contribution < 1.29 is 13.5 Å². The van der Waals surface area contributed by atoms with Gasteiger partial charge < -0.3 is 4.74 Å². The van der Waals surface area contributed by atoms with E-state index in [0.29, 0.717) is 18.4 Å². The number of alkyl halides is 1. The quantitative estimate of drug-likeness (QED) is 0.743. The molecule has 1 aliphatic rings. The molecule has 18 heavy (non-hydrogen) atoms. The van der Waals surface area contributed by atoms with Crippen molar-refractivity contribution in [3.8, 4) is 0 Å². The largest absolute Gasteiger partial charge is 0.476 e. The van der Waals surface area contributed by atoms with Gasteiger partial charge in [0, 0.05) is 6.42 Å². The molecule has 4 heteroatoms. The number of benzene rings is 1. The molecule has 1 nitrogen and oxygen atoms in total. The normalized spacial score (nSPS) is 22.6. The number of rotatable bonds is 3. The van der Waals surface area contributed by atoms with Crippen LogP contribution in [0.4, 0.5) is 8.78 Å². The second-order valence-corrected chi connectivity index (χ2v) is 4.84. The van der Waals surface area contributed by atoms with Gasteiger partial charge in [-0.25, -0.2) is 8.78 Å². The van der Waals surface area contributed by atoms with E-state index in [1.165, 1.54) is 12.3 Å². The second-order valence-electron chi connectivity index (χ2n) is 4.20. The number of hydrogen-bond acceptors (Lipinski definition) is 1. The standard InChI is InChI=1S/C14H13ClF2O/c1-2-14(15)9-11(5-6-18-14)7-10-3-4-12(16)13(17)8-10/h3-6,8-9H,2,7H2,1H3. The van der Waals surface area contributed by atoms with E-state index in [2.05, 4.69) is 0 Å². The van der Waals surface area contributed by atoms with Crippen molar-refractivity contribution in [2.45, 2.75) is 24.8 Å². The third kappa shape index (κ3) is 2.91. The minimum atomic E-state index is -0.838. The minimum Gasteiger partial charge on any atom is -0.476 e. The third-order valence-corrected chi connectivity index (χ3v) is 3.29. The molecule has 0 spiro atoms. The molecule has 0 radical (unpaired) electrons. The van der Waals surface area contributed by atoms with E-state index >= 15 is 0 Å². The van der Waals surface area contributed by atoms with Gasteiger partial charge in [-0.2, -0.15) is 0 Å². The lowest BCUT2D eigenvalue weighted by Gasteiger charge is -2.25. The Balaban J connectivity index is 2.18. The zero-order valence-corrected chi connectivity index (χ0v) is 10.7. The van der Waals surface area contributed by atoms with Crippen molar-refractivity contribution in [2.24, 2.45) is 0 Å². The Labute approximate surface area is 110 Å². The van der Waals surface area contributed by atoms with Crippen LogP contribution in [0.3, 0.4) is 0 Å². The molecule has 0 saturated heterocycles. The molecule has 1 aliphatic heterocycles. The molecule has 0 N–H and O–H groups in total. The Morgan fingerprint density at radius 1 is 1.28 bits per heavy atom. The predicted molar refractivity (Wildman–Crippen MR) is 67.2 cm³/mol. The summed E-state index contributed by atoms with van der Waals surface area (Å²) in [7, 11) is 0. The molecule has 1 unspecified atom stereocenters. The van der Waals surface area contributed by atoms with Crippen LogP contribution in [-0.4, -0.2) is 5.06 Å². The fourth-order valence-corrected chi connectivity index (χ4v) is 1.97. The summed E-state index contributed by atoms with van der Waals surface area (Å²) in [4.78, 5) is 0. The molecule has 0 aromatic heterocycles. The van der Waals surface area contributed by atoms with Crippen LogP contribution in [0.5, 0.6) is 0 Å². The van der Waals surface area contributed by atoms with E-state index in [1.807, 2.05) is 6.92 Å². The van der Waals surface area contributed by atoms with Crippen LogP contribution in [0, 0.1) is 11.6 Å². The van der Waals surface area contributed by atoms with Crippen LogP contribution in [0.1, 0.15) is 18.9 Å². The van der Waals surface area contributed by atoms with Gasteiger partial charge in [-0.05, 0) is 41.8 Å². The fourth-order valence-electron chi connectivity index (χ4n) is 1.77. The summed E-state index contributed by atoms with van der Waals surface area (Å²) in [5.41, 5.74) is 1.62. The highest BCUT2D eigenvalue weighted by atomic mass is 35.5. The molecule has 1 heterocycles. The number of ether oxygens (including phenoxy) is 1. The first-order valence-electron chi connectivity index (χ1n) is 5.71. The third-order valence-electron chi connectivity index (χ3n) is 2.82. The monoisotopic (exact) mass is 270 g/mol. The molecule has 2 rings (SSSR count). The average Bonchev–Trinajstić information content (AvgIpc) is 2.34. The first kappa shape index (κ1) is 13.1. The van der Waals surface area contributed by atoms with Crippen molar-refractivity contribution in [3.63, 3.8) is 0 Å². The molecule has 1 aromatic rings. The average molecular weight is 271 g/mol. The summed E-state index contributed by atoms with van der Waals surface area (Å²) in [6.45, 7) is 1.91. The number of hydrogen-bond donors (Lipinski definition) is 0. The maximum absolute atomic E-state index is 13.1. The van der Waals surface area contributed by atoms with Crippen molar-refractivity contribution in [1.29, 1.82) is 0 Å². The van der Waals surface area contributed by atoms with E-state index in [0.717, 1.165) is 11.6 Å².